The number of pyridine rings is 1. The van der Waals surface area contributed by atoms with Crippen LogP contribution in [0.15, 0.2) is 29.2 Å². The standard InChI is InChI=1S/C23H25NO4/c1-28-21-10-17-16(9-15(21)6-5-14-3-4-14)12-23(7-2-8-23)24-13-18(22(26)27)20(25)11-19(17)24/h9-11,13-14H,2-8,12H2,1H3,(H,26,27). The number of carboxylic acids is 1. The first-order valence-electron chi connectivity index (χ1n) is 10.2. The fourth-order valence-corrected chi connectivity index (χ4v) is 4.95. The molecule has 1 N–H and O–H groups in total. The molecule has 3 aliphatic rings. The molecule has 0 bridgehead atoms. The molecule has 0 amide bonds. The third kappa shape index (κ3) is 2.67. The summed E-state index contributed by atoms with van der Waals surface area (Å²) in [6.07, 6.45) is 10.5. The summed E-state index contributed by atoms with van der Waals surface area (Å²) >= 11 is 0. The summed E-state index contributed by atoms with van der Waals surface area (Å²) in [6, 6.07) is 5.83. The van der Waals surface area contributed by atoms with E-state index in [0.717, 1.165) is 55.0 Å². The first-order chi connectivity index (χ1) is 13.5. The minimum Gasteiger partial charge on any atom is -0.496 e. The molecule has 5 rings (SSSR count). The van der Waals surface area contributed by atoms with Crippen molar-refractivity contribution in [3.05, 3.63) is 51.3 Å². The van der Waals surface area contributed by atoms with Crippen molar-refractivity contribution in [3.8, 4) is 17.0 Å². The van der Waals surface area contributed by atoms with Gasteiger partial charge in [-0.05, 0) is 61.6 Å². The number of nitrogens with zero attached hydrogens (tertiary/aromatic N) is 1. The summed E-state index contributed by atoms with van der Waals surface area (Å²) in [5.41, 5.74) is 3.66. The predicted molar refractivity (Wildman–Crippen MR) is 106 cm³/mol. The lowest BCUT2D eigenvalue weighted by molar-refractivity contribution is 0.0691. The second-order valence-corrected chi connectivity index (χ2v) is 8.67. The number of rotatable bonds is 5. The summed E-state index contributed by atoms with van der Waals surface area (Å²) < 4.78 is 7.74. The van der Waals surface area contributed by atoms with Gasteiger partial charge >= 0.3 is 5.97 Å². The zero-order valence-corrected chi connectivity index (χ0v) is 16.2. The van der Waals surface area contributed by atoms with Gasteiger partial charge in [-0.1, -0.05) is 18.9 Å². The van der Waals surface area contributed by atoms with Crippen molar-refractivity contribution in [2.75, 3.05) is 7.11 Å². The maximum Gasteiger partial charge on any atom is 0.341 e. The number of benzene rings is 1. The quantitative estimate of drug-likeness (QED) is 0.853. The zero-order valence-electron chi connectivity index (χ0n) is 16.2. The van der Waals surface area contributed by atoms with E-state index in [-0.39, 0.29) is 11.1 Å². The Balaban J connectivity index is 1.66. The Morgan fingerprint density at radius 2 is 2.07 bits per heavy atom. The van der Waals surface area contributed by atoms with Gasteiger partial charge in [-0.2, -0.15) is 0 Å². The number of carboxylic acid groups (broad SMARTS) is 1. The molecule has 2 heterocycles. The van der Waals surface area contributed by atoms with Crippen molar-refractivity contribution in [2.24, 2.45) is 5.92 Å². The van der Waals surface area contributed by atoms with Gasteiger partial charge in [0.05, 0.1) is 12.8 Å². The van der Waals surface area contributed by atoms with Crippen LogP contribution >= 0.6 is 0 Å². The van der Waals surface area contributed by atoms with Crippen LogP contribution in [0.1, 0.15) is 60.0 Å². The molecule has 2 fully saturated rings. The molecular formula is C23H25NO4. The van der Waals surface area contributed by atoms with Crippen molar-refractivity contribution in [1.82, 2.24) is 4.57 Å². The fraction of sp³-hybridized carbons (Fsp3) is 0.478. The lowest BCUT2D eigenvalue weighted by Crippen LogP contribution is -2.46. The number of aromatic carboxylic acids is 1. The molecule has 0 unspecified atom stereocenters. The van der Waals surface area contributed by atoms with Gasteiger partial charge in [0.25, 0.3) is 0 Å². The predicted octanol–water partition coefficient (Wildman–Crippen LogP) is 4.00. The highest BCUT2D eigenvalue weighted by Crippen LogP contribution is 2.50. The second-order valence-electron chi connectivity index (χ2n) is 8.67. The maximum absolute atomic E-state index is 12.4. The summed E-state index contributed by atoms with van der Waals surface area (Å²) in [5, 5.41) is 9.42. The molecule has 1 aliphatic heterocycles. The van der Waals surface area contributed by atoms with Gasteiger partial charge in [-0.25, -0.2) is 4.79 Å². The van der Waals surface area contributed by atoms with Crippen molar-refractivity contribution in [2.45, 2.75) is 56.9 Å². The molecule has 0 saturated heterocycles. The smallest absolute Gasteiger partial charge is 0.341 e. The molecule has 0 radical (unpaired) electrons. The average Bonchev–Trinajstić information content (AvgIpc) is 3.47. The number of methoxy groups -OCH3 is 1. The van der Waals surface area contributed by atoms with Crippen LogP contribution in [0.2, 0.25) is 0 Å². The van der Waals surface area contributed by atoms with E-state index in [1.165, 1.54) is 36.5 Å². The lowest BCUT2D eigenvalue weighted by Gasteiger charge is -2.49. The van der Waals surface area contributed by atoms with E-state index in [1.54, 1.807) is 13.3 Å². The summed E-state index contributed by atoms with van der Waals surface area (Å²) in [5.74, 6) is 0.575. The van der Waals surface area contributed by atoms with Crippen LogP contribution in [0, 0.1) is 5.92 Å². The molecule has 28 heavy (non-hydrogen) atoms. The Morgan fingerprint density at radius 3 is 2.68 bits per heavy atom. The van der Waals surface area contributed by atoms with Crippen LogP contribution in [-0.4, -0.2) is 22.8 Å². The van der Waals surface area contributed by atoms with Crippen molar-refractivity contribution in [1.29, 1.82) is 0 Å². The van der Waals surface area contributed by atoms with E-state index in [4.69, 9.17) is 4.74 Å². The van der Waals surface area contributed by atoms with Crippen LogP contribution in [-0.2, 0) is 18.4 Å². The van der Waals surface area contributed by atoms with Crippen LogP contribution in [0.3, 0.4) is 0 Å². The molecular weight excluding hydrogens is 354 g/mol. The molecule has 2 saturated carbocycles. The van der Waals surface area contributed by atoms with Crippen LogP contribution in [0.4, 0.5) is 0 Å². The van der Waals surface area contributed by atoms with Crippen molar-refractivity contribution < 1.29 is 14.6 Å². The SMILES string of the molecule is COc1cc2c(cc1CCC1CC1)CC1(CCC1)n1cc(C(=O)O)c(=O)cc1-2. The van der Waals surface area contributed by atoms with Gasteiger partial charge in [0, 0.05) is 23.4 Å². The number of aryl methyl sites for hydroxylation is 1. The second kappa shape index (κ2) is 6.23. The largest absolute Gasteiger partial charge is 0.496 e. The summed E-state index contributed by atoms with van der Waals surface area (Å²) in [4.78, 5) is 24.0. The molecule has 146 valence electrons. The van der Waals surface area contributed by atoms with Crippen molar-refractivity contribution >= 4 is 5.97 Å². The first-order valence-corrected chi connectivity index (χ1v) is 10.2. The van der Waals surface area contributed by atoms with Gasteiger partial charge < -0.3 is 14.4 Å². The van der Waals surface area contributed by atoms with Gasteiger partial charge in [0.15, 0.2) is 5.43 Å². The monoisotopic (exact) mass is 379 g/mol. The van der Waals surface area contributed by atoms with E-state index in [1.807, 2.05) is 0 Å². The lowest BCUT2D eigenvalue weighted by atomic mass is 9.69. The molecule has 2 aromatic rings. The average molecular weight is 379 g/mol. The molecule has 1 aromatic carbocycles. The number of fused-ring (bicyclic) bond motifs is 4. The van der Waals surface area contributed by atoms with Gasteiger partial charge in [0.2, 0.25) is 0 Å². The molecule has 5 heteroatoms. The molecule has 0 atom stereocenters. The third-order valence-corrected chi connectivity index (χ3v) is 6.90. The fourth-order valence-electron chi connectivity index (χ4n) is 4.95. The molecule has 1 spiro atoms. The Labute approximate surface area is 164 Å². The minimum atomic E-state index is -1.16. The van der Waals surface area contributed by atoms with Gasteiger partial charge in [-0.3, -0.25) is 4.79 Å². The zero-order chi connectivity index (χ0) is 19.5. The number of hydrogen-bond donors (Lipinski definition) is 1. The van der Waals surface area contributed by atoms with E-state index in [9.17, 15) is 14.7 Å². The van der Waals surface area contributed by atoms with Crippen molar-refractivity contribution in [3.63, 3.8) is 0 Å². The summed E-state index contributed by atoms with van der Waals surface area (Å²) in [7, 11) is 1.69. The number of carbonyl (C=O) groups is 1. The first kappa shape index (κ1) is 17.5. The molecule has 2 aliphatic carbocycles. The van der Waals surface area contributed by atoms with E-state index in [0.29, 0.717) is 0 Å². The maximum atomic E-state index is 12.4. The summed E-state index contributed by atoms with van der Waals surface area (Å²) in [6.45, 7) is 0. The number of hydrogen-bond acceptors (Lipinski definition) is 3. The van der Waals surface area contributed by atoms with Crippen LogP contribution in [0.5, 0.6) is 5.75 Å². The highest BCUT2D eigenvalue weighted by molar-refractivity contribution is 5.88. The van der Waals surface area contributed by atoms with Crippen LogP contribution < -0.4 is 10.2 Å². The Kier molecular flexibility index (Phi) is 3.90. The highest BCUT2D eigenvalue weighted by Gasteiger charge is 2.43. The van der Waals surface area contributed by atoms with Gasteiger partial charge in [0.1, 0.15) is 11.3 Å². The molecule has 5 nitrogen and oxygen atoms in total. The Hall–Kier alpha value is -2.56. The Morgan fingerprint density at radius 1 is 1.29 bits per heavy atom. The Bertz CT molecular complexity index is 1030. The highest BCUT2D eigenvalue weighted by atomic mass is 16.5. The van der Waals surface area contributed by atoms with E-state index < -0.39 is 11.4 Å². The third-order valence-electron chi connectivity index (χ3n) is 6.90. The molecule has 1 aromatic heterocycles. The van der Waals surface area contributed by atoms with Crippen LogP contribution in [0.25, 0.3) is 11.3 Å². The number of aromatic nitrogens is 1. The number of ether oxygens (including phenoxy) is 1. The van der Waals surface area contributed by atoms with E-state index in [2.05, 4.69) is 16.7 Å². The minimum absolute atomic E-state index is 0.0947. The normalized spacial score (nSPS) is 18.9. The van der Waals surface area contributed by atoms with Gasteiger partial charge in [-0.15, -0.1) is 0 Å². The van der Waals surface area contributed by atoms with E-state index >= 15 is 0 Å². The topological polar surface area (TPSA) is 68.5 Å².